The highest BCUT2D eigenvalue weighted by molar-refractivity contribution is 5.96. The van der Waals surface area contributed by atoms with Crippen LogP contribution >= 0.6 is 0 Å². The van der Waals surface area contributed by atoms with E-state index in [2.05, 4.69) is 16.0 Å². The van der Waals surface area contributed by atoms with Crippen molar-refractivity contribution in [3.63, 3.8) is 0 Å². The number of carboxylic acid groups (broad SMARTS) is 1. The fourth-order valence-electron chi connectivity index (χ4n) is 2.78. The number of hydrogen-bond acceptors (Lipinski definition) is 7. The van der Waals surface area contributed by atoms with Crippen molar-refractivity contribution in [3.05, 3.63) is 0 Å². The molecule has 0 aromatic carbocycles. The second kappa shape index (κ2) is 14.4. The number of hydrogen-bond donors (Lipinski definition) is 7. The van der Waals surface area contributed by atoms with E-state index in [4.69, 9.17) is 17.2 Å². The number of rotatable bonds is 15. The van der Waals surface area contributed by atoms with Gasteiger partial charge in [0.2, 0.25) is 23.6 Å². The lowest BCUT2D eigenvalue weighted by Crippen LogP contribution is -2.59. The van der Waals surface area contributed by atoms with Crippen LogP contribution in [0.25, 0.3) is 0 Å². The van der Waals surface area contributed by atoms with Crippen LogP contribution in [0.3, 0.4) is 0 Å². The summed E-state index contributed by atoms with van der Waals surface area (Å²) in [7, 11) is 0. The zero-order chi connectivity index (χ0) is 25.0. The van der Waals surface area contributed by atoms with E-state index in [-0.39, 0.29) is 12.3 Å². The Morgan fingerprint density at radius 3 is 1.81 bits per heavy atom. The number of carboxylic acids is 1. The molecule has 0 fully saturated rings. The lowest BCUT2D eigenvalue weighted by atomic mass is 10.0. The van der Waals surface area contributed by atoms with Crippen LogP contribution in [0.5, 0.6) is 0 Å². The third-order valence-electron chi connectivity index (χ3n) is 4.87. The Labute approximate surface area is 188 Å². The normalized spacial score (nSPS) is 14.9. The highest BCUT2D eigenvalue weighted by Gasteiger charge is 2.32. The number of primary amides is 1. The van der Waals surface area contributed by atoms with E-state index < -0.39 is 66.1 Å². The van der Waals surface area contributed by atoms with Crippen molar-refractivity contribution in [2.75, 3.05) is 6.54 Å². The van der Waals surface area contributed by atoms with Crippen molar-refractivity contribution in [1.29, 1.82) is 0 Å². The molecule has 4 unspecified atom stereocenters. The maximum absolute atomic E-state index is 12.8. The molecule has 0 saturated heterocycles. The fraction of sp³-hybridized carbons (Fsp3) is 0.750. The van der Waals surface area contributed by atoms with Gasteiger partial charge in [-0.05, 0) is 37.6 Å². The van der Waals surface area contributed by atoms with E-state index in [0.717, 1.165) is 0 Å². The van der Waals surface area contributed by atoms with E-state index >= 15 is 0 Å². The SMILES string of the molecule is CC(C)C(N)C(=O)NC(CC(N)=O)C(=O)NC(C(=O)NC(CCCCN)C(=O)O)C(C)C. The van der Waals surface area contributed by atoms with Crippen molar-refractivity contribution in [1.82, 2.24) is 16.0 Å². The van der Waals surface area contributed by atoms with Gasteiger partial charge < -0.3 is 38.3 Å². The molecular formula is C20H38N6O6. The van der Waals surface area contributed by atoms with Gasteiger partial charge in [-0.15, -0.1) is 0 Å². The Balaban J connectivity index is 5.39. The van der Waals surface area contributed by atoms with Gasteiger partial charge in [-0.1, -0.05) is 27.7 Å². The molecule has 0 aromatic heterocycles. The van der Waals surface area contributed by atoms with Gasteiger partial charge in [0.25, 0.3) is 0 Å². The Bertz CT molecular complexity index is 669. The third kappa shape index (κ3) is 10.5. The van der Waals surface area contributed by atoms with Gasteiger partial charge in [0, 0.05) is 0 Å². The van der Waals surface area contributed by atoms with Gasteiger partial charge >= 0.3 is 5.97 Å². The number of nitrogens with one attached hydrogen (secondary N) is 3. The van der Waals surface area contributed by atoms with Gasteiger partial charge in [-0.25, -0.2) is 4.79 Å². The summed E-state index contributed by atoms with van der Waals surface area (Å²) < 4.78 is 0. The number of aliphatic carboxylic acids is 1. The van der Waals surface area contributed by atoms with Gasteiger partial charge in [0.15, 0.2) is 0 Å². The van der Waals surface area contributed by atoms with E-state index in [1.54, 1.807) is 27.7 Å². The Morgan fingerprint density at radius 1 is 0.812 bits per heavy atom. The first-order chi connectivity index (χ1) is 14.8. The standard InChI is InChI=1S/C20H38N6O6/c1-10(2)15(23)18(29)25-13(9-14(22)27)17(28)26-16(11(3)4)19(30)24-12(20(31)32)7-5-6-8-21/h10-13,15-16H,5-9,21,23H2,1-4H3,(H2,22,27)(H,24,30)(H,25,29)(H,26,28)(H,31,32). The van der Waals surface area contributed by atoms with Crippen molar-refractivity contribution in [2.45, 2.75) is 77.5 Å². The first-order valence-electron chi connectivity index (χ1n) is 10.7. The van der Waals surface area contributed by atoms with Gasteiger partial charge in [-0.2, -0.15) is 0 Å². The summed E-state index contributed by atoms with van der Waals surface area (Å²) in [6.45, 7) is 7.16. The van der Waals surface area contributed by atoms with Crippen molar-refractivity contribution in [3.8, 4) is 0 Å². The minimum Gasteiger partial charge on any atom is -0.480 e. The first kappa shape index (κ1) is 29.3. The van der Waals surface area contributed by atoms with Gasteiger partial charge in [0.05, 0.1) is 12.5 Å². The lowest BCUT2D eigenvalue weighted by molar-refractivity contribution is -0.143. The molecule has 184 valence electrons. The maximum Gasteiger partial charge on any atom is 0.326 e. The van der Waals surface area contributed by atoms with E-state index in [1.165, 1.54) is 0 Å². The average molecular weight is 459 g/mol. The predicted octanol–water partition coefficient (Wildman–Crippen LogP) is -1.83. The molecule has 0 aliphatic heterocycles. The summed E-state index contributed by atoms with van der Waals surface area (Å²) in [5, 5.41) is 16.7. The maximum atomic E-state index is 12.8. The molecule has 0 rings (SSSR count). The van der Waals surface area contributed by atoms with E-state index in [9.17, 15) is 29.1 Å². The first-order valence-corrected chi connectivity index (χ1v) is 10.7. The average Bonchev–Trinajstić information content (AvgIpc) is 2.68. The van der Waals surface area contributed by atoms with Crippen LogP contribution < -0.4 is 33.2 Å². The van der Waals surface area contributed by atoms with Crippen molar-refractivity contribution >= 4 is 29.6 Å². The molecule has 0 aromatic rings. The van der Waals surface area contributed by atoms with Crippen molar-refractivity contribution < 1.29 is 29.1 Å². The number of carbonyl (C=O) groups is 5. The second-order valence-electron chi connectivity index (χ2n) is 8.42. The monoisotopic (exact) mass is 458 g/mol. The molecular weight excluding hydrogens is 420 g/mol. The van der Waals surface area contributed by atoms with Gasteiger partial charge in [-0.3, -0.25) is 19.2 Å². The molecule has 0 saturated carbocycles. The van der Waals surface area contributed by atoms with Crippen LogP contribution in [-0.2, 0) is 24.0 Å². The van der Waals surface area contributed by atoms with Crippen LogP contribution in [0.15, 0.2) is 0 Å². The Morgan fingerprint density at radius 2 is 1.38 bits per heavy atom. The molecule has 10 N–H and O–H groups in total. The summed E-state index contributed by atoms with van der Waals surface area (Å²) in [4.78, 5) is 60.6. The third-order valence-corrected chi connectivity index (χ3v) is 4.87. The minimum atomic E-state index is -1.33. The van der Waals surface area contributed by atoms with Crippen LogP contribution in [0.2, 0.25) is 0 Å². The molecule has 4 atom stereocenters. The minimum absolute atomic E-state index is 0.185. The Hall–Kier alpha value is -2.73. The molecule has 12 nitrogen and oxygen atoms in total. The molecule has 12 heteroatoms. The zero-order valence-corrected chi connectivity index (χ0v) is 19.2. The summed E-state index contributed by atoms with van der Waals surface area (Å²) >= 11 is 0. The highest BCUT2D eigenvalue weighted by atomic mass is 16.4. The summed E-state index contributed by atoms with van der Waals surface area (Å²) in [5.41, 5.74) is 16.4. The second-order valence-corrected chi connectivity index (χ2v) is 8.42. The molecule has 0 aliphatic rings. The van der Waals surface area contributed by atoms with Crippen LogP contribution in [0.4, 0.5) is 0 Å². The summed E-state index contributed by atoms with van der Waals surface area (Å²) in [5.74, 6) is -4.81. The van der Waals surface area contributed by atoms with Gasteiger partial charge in [0.1, 0.15) is 18.1 Å². The van der Waals surface area contributed by atoms with Crippen LogP contribution in [0.1, 0.15) is 53.4 Å². The summed E-state index contributed by atoms with van der Waals surface area (Å²) in [6, 6.07) is -4.49. The van der Waals surface area contributed by atoms with Crippen molar-refractivity contribution in [2.24, 2.45) is 29.0 Å². The molecule has 0 radical (unpaired) electrons. The number of unbranched alkanes of at least 4 members (excludes halogenated alkanes) is 1. The topological polar surface area (TPSA) is 220 Å². The lowest BCUT2D eigenvalue weighted by Gasteiger charge is -2.27. The number of carbonyl (C=O) groups excluding carboxylic acids is 4. The van der Waals surface area contributed by atoms with E-state index in [0.29, 0.717) is 19.4 Å². The van der Waals surface area contributed by atoms with E-state index in [1.807, 2.05) is 0 Å². The quantitative estimate of drug-likeness (QED) is 0.138. The molecule has 0 heterocycles. The van der Waals surface area contributed by atoms with Crippen LogP contribution in [-0.4, -0.2) is 65.4 Å². The molecule has 32 heavy (non-hydrogen) atoms. The van der Waals surface area contributed by atoms with Crippen LogP contribution in [0, 0.1) is 11.8 Å². The molecule has 4 amide bonds. The smallest absolute Gasteiger partial charge is 0.326 e. The number of amides is 4. The largest absolute Gasteiger partial charge is 0.480 e. The highest BCUT2D eigenvalue weighted by Crippen LogP contribution is 2.07. The molecule has 0 spiro atoms. The predicted molar refractivity (Wildman–Crippen MR) is 118 cm³/mol. The number of nitrogens with two attached hydrogens (primary N) is 3. The zero-order valence-electron chi connectivity index (χ0n) is 19.2. The summed E-state index contributed by atoms with van der Waals surface area (Å²) in [6.07, 6.45) is 0.808. The fourth-order valence-corrected chi connectivity index (χ4v) is 2.78. The Kier molecular flexibility index (Phi) is 13.1. The molecule has 0 aliphatic carbocycles. The molecule has 0 bridgehead atoms.